The summed E-state index contributed by atoms with van der Waals surface area (Å²) in [6, 6.07) is 11.4. The molecular weight excluding hydrogens is 312 g/mol. The average molecular weight is 332 g/mol. The molecule has 1 amide bonds. The number of hydrogen-bond acceptors (Lipinski definition) is 5. The highest BCUT2D eigenvalue weighted by atomic mass is 32.2. The Morgan fingerprint density at radius 2 is 2.04 bits per heavy atom. The van der Waals surface area contributed by atoms with E-state index in [0.717, 1.165) is 16.2 Å². The van der Waals surface area contributed by atoms with Crippen molar-refractivity contribution < 1.29 is 14.3 Å². The van der Waals surface area contributed by atoms with Crippen LogP contribution >= 0.6 is 11.8 Å². The number of hydrogen-bond donors (Lipinski definition) is 1. The van der Waals surface area contributed by atoms with Crippen LogP contribution in [0.5, 0.6) is 11.6 Å². The summed E-state index contributed by atoms with van der Waals surface area (Å²) in [6.07, 6.45) is 1.68. The highest BCUT2D eigenvalue weighted by molar-refractivity contribution is 8.00. The molecule has 0 atom stereocenters. The van der Waals surface area contributed by atoms with Crippen molar-refractivity contribution in [2.45, 2.75) is 18.4 Å². The van der Waals surface area contributed by atoms with E-state index in [1.54, 1.807) is 13.3 Å². The molecule has 2 rings (SSSR count). The summed E-state index contributed by atoms with van der Waals surface area (Å²) in [5.74, 6) is 1.70. The van der Waals surface area contributed by atoms with Crippen LogP contribution in [0.15, 0.2) is 47.5 Å². The van der Waals surface area contributed by atoms with Crippen molar-refractivity contribution in [2.24, 2.45) is 0 Å². The van der Waals surface area contributed by atoms with Crippen LogP contribution in [0.25, 0.3) is 0 Å². The van der Waals surface area contributed by atoms with E-state index in [0.29, 0.717) is 24.8 Å². The van der Waals surface area contributed by atoms with Crippen LogP contribution in [0.2, 0.25) is 0 Å². The van der Waals surface area contributed by atoms with Crippen LogP contribution < -0.4 is 14.8 Å². The second-order valence-corrected chi connectivity index (χ2v) is 5.69. The molecule has 1 aromatic carbocycles. The van der Waals surface area contributed by atoms with Crippen molar-refractivity contribution in [3.8, 4) is 11.6 Å². The monoisotopic (exact) mass is 332 g/mol. The van der Waals surface area contributed by atoms with Crippen LogP contribution in [0.4, 0.5) is 0 Å². The minimum absolute atomic E-state index is 0.0304. The van der Waals surface area contributed by atoms with Crippen molar-refractivity contribution in [2.75, 3.05) is 19.5 Å². The molecule has 1 heterocycles. The first-order chi connectivity index (χ1) is 11.2. The first-order valence-corrected chi connectivity index (χ1v) is 8.31. The molecule has 6 heteroatoms. The first-order valence-electron chi connectivity index (χ1n) is 7.33. The molecule has 23 heavy (non-hydrogen) atoms. The van der Waals surface area contributed by atoms with Gasteiger partial charge in [-0.05, 0) is 37.3 Å². The van der Waals surface area contributed by atoms with E-state index in [2.05, 4.69) is 10.3 Å². The maximum atomic E-state index is 12.0. The summed E-state index contributed by atoms with van der Waals surface area (Å²) in [6.45, 7) is 2.86. The van der Waals surface area contributed by atoms with Crippen molar-refractivity contribution in [1.82, 2.24) is 10.3 Å². The molecular formula is C17H20N2O3S. The van der Waals surface area contributed by atoms with Crippen LogP contribution in [0, 0.1) is 0 Å². The average Bonchev–Trinajstić information content (AvgIpc) is 2.60. The summed E-state index contributed by atoms with van der Waals surface area (Å²) in [4.78, 5) is 17.2. The van der Waals surface area contributed by atoms with Gasteiger partial charge in [0.15, 0.2) is 0 Å². The predicted molar refractivity (Wildman–Crippen MR) is 91.0 cm³/mol. The number of nitrogens with one attached hydrogen (secondary N) is 1. The van der Waals surface area contributed by atoms with Gasteiger partial charge in [-0.1, -0.05) is 6.07 Å². The number of nitrogens with zero attached hydrogens (tertiary/aromatic N) is 1. The summed E-state index contributed by atoms with van der Waals surface area (Å²) >= 11 is 1.48. The van der Waals surface area contributed by atoms with Gasteiger partial charge < -0.3 is 14.8 Å². The second-order valence-electron chi connectivity index (χ2n) is 4.64. The minimum Gasteiger partial charge on any atom is -0.497 e. The van der Waals surface area contributed by atoms with Gasteiger partial charge in [-0.3, -0.25) is 4.79 Å². The molecule has 1 N–H and O–H groups in total. The second kappa shape index (κ2) is 9.05. The quantitative estimate of drug-likeness (QED) is 0.753. The number of benzene rings is 1. The Labute approximate surface area is 140 Å². The largest absolute Gasteiger partial charge is 0.497 e. The lowest BCUT2D eigenvalue weighted by Gasteiger charge is -2.09. The van der Waals surface area contributed by atoms with E-state index in [1.807, 2.05) is 43.3 Å². The van der Waals surface area contributed by atoms with Crippen molar-refractivity contribution in [1.29, 1.82) is 0 Å². The molecule has 0 aliphatic heterocycles. The Bertz CT molecular complexity index is 632. The first kappa shape index (κ1) is 17.1. The zero-order chi connectivity index (χ0) is 16.5. The minimum atomic E-state index is -0.0304. The molecule has 0 saturated heterocycles. The molecule has 0 aliphatic carbocycles. The Balaban J connectivity index is 1.81. The van der Waals surface area contributed by atoms with Gasteiger partial charge in [-0.25, -0.2) is 4.98 Å². The number of thioether (sulfide) groups is 1. The standard InChI is InChI=1S/C17H20N2O3S/c1-3-22-17-13(5-4-10-18-17)11-19-16(20)12-23-15-8-6-14(21-2)7-9-15/h4-10H,3,11-12H2,1-2H3,(H,19,20). The van der Waals surface area contributed by atoms with Gasteiger partial charge in [0.2, 0.25) is 11.8 Å². The van der Waals surface area contributed by atoms with Crippen LogP contribution in [-0.2, 0) is 11.3 Å². The summed E-state index contributed by atoms with van der Waals surface area (Å²) in [5.41, 5.74) is 0.872. The smallest absolute Gasteiger partial charge is 0.230 e. The van der Waals surface area contributed by atoms with Gasteiger partial charge >= 0.3 is 0 Å². The predicted octanol–water partition coefficient (Wildman–Crippen LogP) is 2.90. The summed E-state index contributed by atoms with van der Waals surface area (Å²) < 4.78 is 10.5. The fourth-order valence-corrected chi connectivity index (χ4v) is 2.62. The van der Waals surface area contributed by atoms with Crippen molar-refractivity contribution in [3.63, 3.8) is 0 Å². The summed E-state index contributed by atoms with van der Waals surface area (Å²) in [7, 11) is 1.63. The topological polar surface area (TPSA) is 60.5 Å². The fraction of sp³-hybridized carbons (Fsp3) is 0.294. The van der Waals surface area contributed by atoms with Crippen molar-refractivity contribution in [3.05, 3.63) is 48.2 Å². The van der Waals surface area contributed by atoms with E-state index < -0.39 is 0 Å². The third-order valence-corrected chi connectivity index (χ3v) is 4.05. The SMILES string of the molecule is CCOc1ncccc1CNC(=O)CSc1ccc(OC)cc1. The molecule has 0 spiro atoms. The van der Waals surface area contributed by atoms with Gasteiger partial charge in [0.05, 0.1) is 19.5 Å². The van der Waals surface area contributed by atoms with Gasteiger partial charge in [0, 0.05) is 23.2 Å². The molecule has 0 fully saturated rings. The van der Waals surface area contributed by atoms with Crippen LogP contribution in [0.1, 0.15) is 12.5 Å². The number of aromatic nitrogens is 1. The van der Waals surface area contributed by atoms with E-state index in [4.69, 9.17) is 9.47 Å². The molecule has 2 aromatic rings. The number of methoxy groups -OCH3 is 1. The molecule has 0 bridgehead atoms. The molecule has 122 valence electrons. The lowest BCUT2D eigenvalue weighted by molar-refractivity contribution is -0.118. The zero-order valence-corrected chi connectivity index (χ0v) is 14.1. The number of pyridine rings is 1. The highest BCUT2D eigenvalue weighted by Crippen LogP contribution is 2.21. The molecule has 0 radical (unpaired) electrons. The molecule has 0 unspecified atom stereocenters. The third kappa shape index (κ3) is 5.49. The van der Waals surface area contributed by atoms with Gasteiger partial charge in [0.1, 0.15) is 5.75 Å². The van der Waals surface area contributed by atoms with E-state index in [1.165, 1.54) is 11.8 Å². The van der Waals surface area contributed by atoms with Crippen LogP contribution in [0.3, 0.4) is 0 Å². The molecule has 5 nitrogen and oxygen atoms in total. The normalized spacial score (nSPS) is 10.2. The lowest BCUT2D eigenvalue weighted by Crippen LogP contribution is -2.25. The lowest BCUT2D eigenvalue weighted by atomic mass is 10.2. The molecule has 1 aromatic heterocycles. The molecule has 0 aliphatic rings. The fourth-order valence-electron chi connectivity index (χ4n) is 1.89. The maximum Gasteiger partial charge on any atom is 0.230 e. The maximum absolute atomic E-state index is 12.0. The highest BCUT2D eigenvalue weighted by Gasteiger charge is 2.07. The molecule has 0 saturated carbocycles. The van der Waals surface area contributed by atoms with Gasteiger partial charge in [-0.15, -0.1) is 11.8 Å². The van der Waals surface area contributed by atoms with Crippen LogP contribution in [-0.4, -0.2) is 30.4 Å². The number of ether oxygens (including phenoxy) is 2. The number of amides is 1. The number of carbonyl (C=O) groups excluding carboxylic acids is 1. The number of rotatable bonds is 8. The Morgan fingerprint density at radius 3 is 2.74 bits per heavy atom. The Morgan fingerprint density at radius 1 is 1.26 bits per heavy atom. The third-order valence-electron chi connectivity index (χ3n) is 3.04. The van der Waals surface area contributed by atoms with Crippen molar-refractivity contribution >= 4 is 17.7 Å². The van der Waals surface area contributed by atoms with Gasteiger partial charge in [0.25, 0.3) is 0 Å². The Kier molecular flexibility index (Phi) is 6.75. The van der Waals surface area contributed by atoms with E-state index >= 15 is 0 Å². The number of carbonyl (C=O) groups is 1. The summed E-state index contributed by atoms with van der Waals surface area (Å²) in [5, 5.41) is 2.89. The zero-order valence-electron chi connectivity index (χ0n) is 13.2. The van der Waals surface area contributed by atoms with E-state index in [9.17, 15) is 4.79 Å². The van der Waals surface area contributed by atoms with Gasteiger partial charge in [-0.2, -0.15) is 0 Å². The van der Waals surface area contributed by atoms with E-state index in [-0.39, 0.29) is 5.91 Å². The Hall–Kier alpha value is -2.21.